The zero-order valence-electron chi connectivity index (χ0n) is 16.9. The van der Waals surface area contributed by atoms with E-state index in [2.05, 4.69) is 59.0 Å². The zero-order valence-corrected chi connectivity index (χ0v) is 16.9. The van der Waals surface area contributed by atoms with Crippen LogP contribution in [0.15, 0.2) is 23.3 Å². The van der Waals surface area contributed by atoms with E-state index in [9.17, 15) is 0 Å². The largest absolute Gasteiger partial charge is 0.370 e. The molecule has 0 saturated carbocycles. The Hall–Kier alpha value is -1.82. The molecule has 1 atom stereocenters. The molecule has 1 aromatic rings. The van der Waals surface area contributed by atoms with Gasteiger partial charge in [-0.1, -0.05) is 26.7 Å². The van der Waals surface area contributed by atoms with E-state index < -0.39 is 0 Å². The summed E-state index contributed by atoms with van der Waals surface area (Å²) in [6.07, 6.45) is 5.47. The van der Waals surface area contributed by atoms with E-state index in [-0.39, 0.29) is 0 Å². The summed E-state index contributed by atoms with van der Waals surface area (Å²) in [7, 11) is 2.16. The molecular weight excluding hydrogens is 324 g/mol. The van der Waals surface area contributed by atoms with Crippen LogP contribution in [0, 0.1) is 5.92 Å². The molecule has 146 valence electrons. The van der Waals surface area contributed by atoms with Crippen LogP contribution in [-0.4, -0.2) is 55.1 Å². The molecule has 2 heterocycles. The van der Waals surface area contributed by atoms with Crippen LogP contribution >= 0.6 is 0 Å². The van der Waals surface area contributed by atoms with Gasteiger partial charge in [0.2, 0.25) is 0 Å². The number of aromatic nitrogens is 1. The van der Waals surface area contributed by atoms with Gasteiger partial charge in [0.25, 0.3) is 0 Å². The summed E-state index contributed by atoms with van der Waals surface area (Å²) in [5.74, 6) is 2.33. The molecule has 0 radical (unpaired) electrons. The lowest BCUT2D eigenvalue weighted by molar-refractivity contribution is 0.312. The van der Waals surface area contributed by atoms with E-state index in [1.165, 1.54) is 12.8 Å². The van der Waals surface area contributed by atoms with Gasteiger partial charge in [0.15, 0.2) is 5.96 Å². The van der Waals surface area contributed by atoms with Crippen LogP contribution in [0.4, 0.5) is 5.82 Å². The highest BCUT2D eigenvalue weighted by Gasteiger charge is 2.15. The Morgan fingerprint density at radius 3 is 2.65 bits per heavy atom. The molecule has 1 saturated heterocycles. The maximum absolute atomic E-state index is 6.06. The maximum Gasteiger partial charge on any atom is 0.189 e. The number of anilines is 1. The lowest BCUT2D eigenvalue weighted by atomic mass is 10.0. The smallest absolute Gasteiger partial charge is 0.189 e. The molecule has 2 rings (SSSR count). The van der Waals surface area contributed by atoms with E-state index >= 15 is 0 Å². The summed E-state index contributed by atoms with van der Waals surface area (Å²) in [6, 6.07) is 4.51. The molecule has 26 heavy (non-hydrogen) atoms. The topological polar surface area (TPSA) is 69.8 Å². The van der Waals surface area contributed by atoms with E-state index in [4.69, 9.17) is 5.73 Å². The predicted molar refractivity (Wildman–Crippen MR) is 111 cm³/mol. The van der Waals surface area contributed by atoms with Gasteiger partial charge in [0, 0.05) is 38.4 Å². The monoisotopic (exact) mass is 360 g/mol. The van der Waals surface area contributed by atoms with Crippen molar-refractivity contribution in [2.24, 2.45) is 16.6 Å². The van der Waals surface area contributed by atoms with Gasteiger partial charge in [0.05, 0.1) is 6.54 Å². The molecule has 0 amide bonds. The number of pyridine rings is 1. The van der Waals surface area contributed by atoms with Crippen molar-refractivity contribution in [3.63, 3.8) is 0 Å². The molecule has 0 bridgehead atoms. The minimum absolute atomic E-state index is 0.357. The number of aliphatic imine (C=N–C) groups is 1. The van der Waals surface area contributed by atoms with Crippen LogP contribution in [0.5, 0.6) is 0 Å². The molecule has 1 fully saturated rings. The first-order valence-corrected chi connectivity index (χ1v) is 9.89. The summed E-state index contributed by atoms with van der Waals surface area (Å²) in [4.78, 5) is 13.7. The molecule has 1 aliphatic rings. The highest BCUT2D eigenvalue weighted by molar-refractivity contribution is 5.78. The minimum atomic E-state index is 0.357. The average Bonchev–Trinajstić information content (AvgIpc) is 2.60. The molecule has 6 nitrogen and oxygen atoms in total. The number of guanidine groups is 1. The van der Waals surface area contributed by atoms with Crippen molar-refractivity contribution in [1.82, 2.24) is 15.2 Å². The summed E-state index contributed by atoms with van der Waals surface area (Å²) >= 11 is 0. The van der Waals surface area contributed by atoms with Crippen molar-refractivity contribution in [3.05, 3.63) is 23.9 Å². The van der Waals surface area contributed by atoms with Crippen LogP contribution in [0.3, 0.4) is 0 Å². The third-order valence-electron chi connectivity index (χ3n) is 4.88. The summed E-state index contributed by atoms with van der Waals surface area (Å²) in [5.41, 5.74) is 7.20. The molecule has 0 spiro atoms. The van der Waals surface area contributed by atoms with Crippen LogP contribution in [0.2, 0.25) is 0 Å². The predicted octanol–water partition coefficient (Wildman–Crippen LogP) is 2.45. The van der Waals surface area contributed by atoms with Crippen LogP contribution < -0.4 is 16.0 Å². The highest BCUT2D eigenvalue weighted by Crippen LogP contribution is 2.15. The van der Waals surface area contributed by atoms with Crippen molar-refractivity contribution in [2.45, 2.75) is 52.6 Å². The maximum atomic E-state index is 6.06. The molecule has 3 N–H and O–H groups in total. The highest BCUT2D eigenvalue weighted by atomic mass is 15.3. The minimum Gasteiger partial charge on any atom is -0.370 e. The second-order valence-electron chi connectivity index (χ2n) is 7.88. The zero-order chi connectivity index (χ0) is 18.9. The Morgan fingerprint density at radius 2 is 1.96 bits per heavy atom. The quantitative estimate of drug-likeness (QED) is 0.550. The molecular formula is C20H36N6. The third-order valence-corrected chi connectivity index (χ3v) is 4.88. The number of piperazine rings is 1. The average molecular weight is 361 g/mol. The van der Waals surface area contributed by atoms with Gasteiger partial charge in [-0.2, -0.15) is 0 Å². The second-order valence-corrected chi connectivity index (χ2v) is 7.88. The fraction of sp³-hybridized carbons (Fsp3) is 0.700. The number of rotatable bonds is 8. The summed E-state index contributed by atoms with van der Waals surface area (Å²) in [6.45, 7) is 11.5. The first-order valence-electron chi connectivity index (χ1n) is 9.89. The lowest BCUT2D eigenvalue weighted by Crippen LogP contribution is -2.44. The SMILES string of the molecule is CC(C)CCCC(C)NC(N)=NCc1ccnc(N2CCN(C)CC2)c1. The van der Waals surface area contributed by atoms with Crippen LogP contribution in [-0.2, 0) is 6.54 Å². The van der Waals surface area contributed by atoms with Crippen LogP contribution in [0.1, 0.15) is 45.6 Å². The summed E-state index contributed by atoms with van der Waals surface area (Å²) in [5, 5.41) is 3.30. The van der Waals surface area contributed by atoms with Gasteiger partial charge < -0.3 is 20.9 Å². The van der Waals surface area contributed by atoms with Gasteiger partial charge in [-0.3, -0.25) is 0 Å². The Labute approximate surface area is 158 Å². The molecule has 1 aliphatic heterocycles. The molecule has 1 unspecified atom stereocenters. The van der Waals surface area contributed by atoms with Gasteiger partial charge >= 0.3 is 0 Å². The number of hydrogen-bond acceptors (Lipinski definition) is 4. The van der Waals surface area contributed by atoms with Crippen molar-refractivity contribution in [1.29, 1.82) is 0 Å². The number of nitrogens with zero attached hydrogens (tertiary/aromatic N) is 4. The van der Waals surface area contributed by atoms with Crippen molar-refractivity contribution in [2.75, 3.05) is 38.1 Å². The van der Waals surface area contributed by atoms with E-state index in [1.54, 1.807) is 0 Å². The number of nitrogens with two attached hydrogens (primary N) is 1. The number of likely N-dealkylation sites (N-methyl/N-ethyl adjacent to an activating group) is 1. The van der Waals surface area contributed by atoms with Crippen molar-refractivity contribution in [3.8, 4) is 0 Å². The fourth-order valence-electron chi connectivity index (χ4n) is 3.15. The molecule has 0 aliphatic carbocycles. The Balaban J connectivity index is 1.82. The van der Waals surface area contributed by atoms with Crippen LogP contribution in [0.25, 0.3) is 0 Å². The fourth-order valence-corrected chi connectivity index (χ4v) is 3.15. The van der Waals surface area contributed by atoms with E-state index in [1.807, 2.05) is 12.3 Å². The lowest BCUT2D eigenvalue weighted by Gasteiger charge is -2.33. The second kappa shape index (κ2) is 10.4. The van der Waals surface area contributed by atoms with Gasteiger partial charge in [-0.15, -0.1) is 0 Å². The number of hydrogen-bond donors (Lipinski definition) is 2. The van der Waals surface area contributed by atoms with Gasteiger partial charge in [-0.25, -0.2) is 9.98 Å². The molecule has 6 heteroatoms. The standard InChI is InChI=1S/C20H36N6/c1-16(2)6-5-7-17(3)24-20(21)23-15-18-8-9-22-19(14-18)26-12-10-25(4)11-13-26/h8-9,14,16-17H,5-7,10-13,15H2,1-4H3,(H3,21,23,24). The Kier molecular flexibility index (Phi) is 8.16. The van der Waals surface area contributed by atoms with E-state index in [0.29, 0.717) is 18.5 Å². The first kappa shape index (κ1) is 20.5. The Bertz CT molecular complexity index is 563. The summed E-state index contributed by atoms with van der Waals surface area (Å²) < 4.78 is 0. The normalized spacial score (nSPS) is 17.6. The third kappa shape index (κ3) is 7.20. The molecule has 1 aromatic heterocycles. The molecule has 0 aromatic carbocycles. The van der Waals surface area contributed by atoms with Gasteiger partial charge in [-0.05, 0) is 44.0 Å². The van der Waals surface area contributed by atoms with Gasteiger partial charge in [0.1, 0.15) is 5.82 Å². The number of nitrogens with one attached hydrogen (secondary N) is 1. The van der Waals surface area contributed by atoms with E-state index in [0.717, 1.165) is 49.9 Å². The van der Waals surface area contributed by atoms with Crippen molar-refractivity contribution >= 4 is 11.8 Å². The first-order chi connectivity index (χ1) is 12.4. The Morgan fingerprint density at radius 1 is 1.23 bits per heavy atom. The van der Waals surface area contributed by atoms with Crippen molar-refractivity contribution < 1.29 is 0 Å².